The first-order valence-electron chi connectivity index (χ1n) is 10.7. The van der Waals surface area contributed by atoms with Gasteiger partial charge in [0.1, 0.15) is 11.5 Å². The molecule has 9 heteroatoms. The predicted octanol–water partition coefficient (Wildman–Crippen LogP) is 6.79. The average Bonchev–Trinajstić information content (AvgIpc) is 3.48. The first-order chi connectivity index (χ1) is 17.1. The van der Waals surface area contributed by atoms with Gasteiger partial charge in [0.15, 0.2) is 16.8 Å². The molecule has 0 saturated heterocycles. The smallest absolute Gasteiger partial charge is 0.196 e. The molecule has 5 aromatic rings. The first kappa shape index (κ1) is 23.4. The molecule has 0 radical (unpaired) electrons. The number of fused-ring (bicyclic) bond motifs is 1. The number of carbonyl (C=O) groups excluding carboxylic acids is 1. The quantitative estimate of drug-likeness (QED) is 0.165. The summed E-state index contributed by atoms with van der Waals surface area (Å²) in [7, 11) is 3.24. The zero-order valence-electron chi connectivity index (χ0n) is 18.9. The average molecular weight is 522 g/mol. The highest BCUT2D eigenvalue weighted by Crippen LogP contribution is 2.43. The first-order valence-corrected chi connectivity index (χ1v) is 12.8. The second-order valence-electron chi connectivity index (χ2n) is 7.52. The maximum Gasteiger partial charge on any atom is 0.196 e. The van der Waals surface area contributed by atoms with E-state index in [1.807, 2.05) is 53.1 Å². The second-order valence-corrected chi connectivity index (χ2v) is 9.90. The van der Waals surface area contributed by atoms with Crippen LogP contribution in [0.2, 0.25) is 5.02 Å². The van der Waals surface area contributed by atoms with Crippen LogP contribution in [0.5, 0.6) is 11.5 Å². The third kappa shape index (κ3) is 4.65. The summed E-state index contributed by atoms with van der Waals surface area (Å²) in [6, 6.07) is 22.7. The number of para-hydroxylation sites is 1. The highest BCUT2D eigenvalue weighted by molar-refractivity contribution is 7.99. The molecule has 3 aromatic carbocycles. The molecule has 0 aliphatic carbocycles. The molecule has 6 nitrogen and oxygen atoms in total. The molecule has 35 heavy (non-hydrogen) atoms. The van der Waals surface area contributed by atoms with Crippen LogP contribution in [-0.4, -0.2) is 40.5 Å². The van der Waals surface area contributed by atoms with Crippen LogP contribution in [0.3, 0.4) is 0 Å². The number of thioether (sulfide) groups is 1. The Labute approximate surface area is 215 Å². The lowest BCUT2D eigenvalue weighted by molar-refractivity contribution is 0.102. The van der Waals surface area contributed by atoms with Gasteiger partial charge in [-0.05, 0) is 54.6 Å². The van der Waals surface area contributed by atoms with Crippen LogP contribution in [0.1, 0.15) is 10.4 Å². The summed E-state index contributed by atoms with van der Waals surface area (Å²) < 4.78 is 13.5. The van der Waals surface area contributed by atoms with E-state index >= 15 is 0 Å². The van der Waals surface area contributed by atoms with E-state index in [0.29, 0.717) is 27.3 Å². The highest BCUT2D eigenvalue weighted by atomic mass is 35.5. The molecule has 0 saturated carbocycles. The fourth-order valence-corrected chi connectivity index (χ4v) is 5.99. The SMILES string of the molecule is COc1ccc(C(=O)CSc2nnc(-c3sc4cc(OC)ccc4c3Cl)n2-c2ccccc2)cc1. The lowest BCUT2D eigenvalue weighted by atomic mass is 10.1. The maximum absolute atomic E-state index is 12.8. The van der Waals surface area contributed by atoms with E-state index in [9.17, 15) is 4.79 Å². The molecule has 0 spiro atoms. The number of ketones is 1. The number of carbonyl (C=O) groups is 1. The van der Waals surface area contributed by atoms with Gasteiger partial charge in [-0.25, -0.2) is 0 Å². The predicted molar refractivity (Wildman–Crippen MR) is 142 cm³/mol. The van der Waals surface area contributed by atoms with Crippen LogP contribution in [-0.2, 0) is 0 Å². The van der Waals surface area contributed by atoms with Gasteiger partial charge >= 0.3 is 0 Å². The largest absolute Gasteiger partial charge is 0.497 e. The van der Waals surface area contributed by atoms with Gasteiger partial charge in [-0.15, -0.1) is 21.5 Å². The van der Waals surface area contributed by atoms with Crippen molar-refractivity contribution in [2.75, 3.05) is 20.0 Å². The van der Waals surface area contributed by atoms with Gasteiger partial charge in [0.25, 0.3) is 0 Å². The van der Waals surface area contributed by atoms with E-state index < -0.39 is 0 Å². The summed E-state index contributed by atoms with van der Waals surface area (Å²) in [5.41, 5.74) is 1.50. The third-order valence-electron chi connectivity index (χ3n) is 5.43. The number of methoxy groups -OCH3 is 2. The number of nitrogens with zero attached hydrogens (tertiary/aromatic N) is 3. The fourth-order valence-electron chi connectivity index (χ4n) is 3.63. The summed E-state index contributed by atoms with van der Waals surface area (Å²) in [6.07, 6.45) is 0. The van der Waals surface area contributed by atoms with Crippen LogP contribution < -0.4 is 9.47 Å². The molecule has 176 valence electrons. The number of hydrogen-bond donors (Lipinski definition) is 0. The molecular weight excluding hydrogens is 502 g/mol. The summed E-state index contributed by atoms with van der Waals surface area (Å²) in [5, 5.41) is 11.1. The summed E-state index contributed by atoms with van der Waals surface area (Å²) in [6.45, 7) is 0. The van der Waals surface area contributed by atoms with Crippen LogP contribution in [0, 0.1) is 0 Å². The van der Waals surface area contributed by atoms with Crippen molar-refractivity contribution >= 4 is 50.6 Å². The number of thiophene rings is 1. The molecule has 0 fully saturated rings. The van der Waals surface area contributed by atoms with E-state index in [-0.39, 0.29) is 11.5 Å². The van der Waals surface area contributed by atoms with Crippen molar-refractivity contribution in [3.8, 4) is 27.9 Å². The van der Waals surface area contributed by atoms with Crippen molar-refractivity contribution in [2.45, 2.75) is 5.16 Å². The van der Waals surface area contributed by atoms with Gasteiger partial charge in [-0.2, -0.15) is 0 Å². The Kier molecular flexibility index (Phi) is 6.77. The summed E-state index contributed by atoms with van der Waals surface area (Å²) in [5.74, 6) is 2.31. The number of aromatic nitrogens is 3. The number of hydrogen-bond acceptors (Lipinski definition) is 7. The number of Topliss-reactive ketones (excluding diaryl/α,β-unsaturated/α-hetero) is 1. The Morgan fingerprint density at radius 2 is 1.69 bits per heavy atom. The van der Waals surface area contributed by atoms with Gasteiger partial charge in [-0.1, -0.05) is 41.6 Å². The highest BCUT2D eigenvalue weighted by Gasteiger charge is 2.22. The molecule has 2 heterocycles. The molecule has 0 aliphatic rings. The fraction of sp³-hybridized carbons (Fsp3) is 0.115. The van der Waals surface area contributed by atoms with Crippen molar-refractivity contribution in [2.24, 2.45) is 0 Å². The van der Waals surface area contributed by atoms with Crippen molar-refractivity contribution < 1.29 is 14.3 Å². The van der Waals surface area contributed by atoms with Gasteiger partial charge in [-0.3, -0.25) is 9.36 Å². The molecular formula is C26H20ClN3O3S2. The number of halogens is 1. The van der Waals surface area contributed by atoms with E-state index in [4.69, 9.17) is 21.1 Å². The molecule has 0 amide bonds. The molecule has 0 atom stereocenters. The van der Waals surface area contributed by atoms with E-state index in [0.717, 1.165) is 26.4 Å². The van der Waals surface area contributed by atoms with Gasteiger partial charge in [0, 0.05) is 21.3 Å². The normalized spacial score (nSPS) is 11.1. The van der Waals surface area contributed by atoms with E-state index in [1.165, 1.54) is 23.1 Å². The molecule has 2 aromatic heterocycles. The van der Waals surface area contributed by atoms with Gasteiger partial charge in [0.05, 0.1) is 29.9 Å². The minimum Gasteiger partial charge on any atom is -0.497 e. The minimum atomic E-state index is -0.00574. The second kappa shape index (κ2) is 10.1. The Morgan fingerprint density at radius 3 is 2.40 bits per heavy atom. The maximum atomic E-state index is 12.8. The topological polar surface area (TPSA) is 66.2 Å². The van der Waals surface area contributed by atoms with Crippen molar-refractivity contribution in [1.29, 1.82) is 0 Å². The Hall–Kier alpha value is -3.33. The zero-order valence-corrected chi connectivity index (χ0v) is 21.3. The van der Waals surface area contributed by atoms with Crippen LogP contribution >= 0.6 is 34.7 Å². The molecule has 0 aliphatic heterocycles. The Morgan fingerprint density at radius 1 is 0.971 bits per heavy atom. The number of rotatable bonds is 8. The summed E-state index contributed by atoms with van der Waals surface area (Å²) >= 11 is 9.67. The molecule has 0 N–H and O–H groups in total. The van der Waals surface area contributed by atoms with E-state index in [1.54, 1.807) is 38.5 Å². The third-order valence-corrected chi connectivity index (χ3v) is 8.01. The van der Waals surface area contributed by atoms with Crippen LogP contribution in [0.15, 0.2) is 78.0 Å². The van der Waals surface area contributed by atoms with Crippen LogP contribution in [0.4, 0.5) is 0 Å². The van der Waals surface area contributed by atoms with Crippen molar-refractivity contribution in [1.82, 2.24) is 14.8 Å². The monoisotopic (exact) mass is 521 g/mol. The Bertz CT molecular complexity index is 1500. The Balaban J connectivity index is 1.51. The van der Waals surface area contributed by atoms with Crippen LogP contribution in [0.25, 0.3) is 26.5 Å². The van der Waals surface area contributed by atoms with Gasteiger partial charge in [0.2, 0.25) is 0 Å². The lowest BCUT2D eigenvalue weighted by Gasteiger charge is -2.09. The minimum absolute atomic E-state index is 0.00574. The van der Waals surface area contributed by atoms with Gasteiger partial charge < -0.3 is 9.47 Å². The summed E-state index contributed by atoms with van der Waals surface area (Å²) in [4.78, 5) is 13.6. The lowest BCUT2D eigenvalue weighted by Crippen LogP contribution is -2.05. The number of benzene rings is 3. The van der Waals surface area contributed by atoms with E-state index in [2.05, 4.69) is 10.2 Å². The molecule has 5 rings (SSSR count). The molecule has 0 bridgehead atoms. The van der Waals surface area contributed by atoms with Crippen molar-refractivity contribution in [3.05, 3.63) is 83.4 Å². The number of ether oxygens (including phenoxy) is 2. The standard InChI is InChI=1S/C26H20ClN3O3S2/c1-32-18-10-8-16(9-11-18)21(31)15-34-26-29-28-25(30(26)17-6-4-3-5-7-17)24-23(27)20-13-12-19(33-2)14-22(20)35-24/h3-14H,15H2,1-2H3. The van der Waals surface area contributed by atoms with Crippen molar-refractivity contribution in [3.63, 3.8) is 0 Å². The molecule has 0 unspecified atom stereocenters. The zero-order chi connectivity index (χ0) is 24.4.